The highest BCUT2D eigenvalue weighted by atomic mass is 32.2. The zero-order chi connectivity index (χ0) is 23.2. The molecule has 1 N–H and O–H groups in total. The molecule has 1 fully saturated rings. The van der Waals surface area contributed by atoms with E-state index in [9.17, 15) is 12.8 Å². The van der Waals surface area contributed by atoms with Crippen LogP contribution in [0, 0.1) is 19.7 Å². The quantitative estimate of drug-likeness (QED) is 0.425. The summed E-state index contributed by atoms with van der Waals surface area (Å²) >= 11 is 0. The van der Waals surface area contributed by atoms with Crippen LogP contribution in [-0.2, 0) is 10.0 Å². The van der Waals surface area contributed by atoms with Crippen LogP contribution >= 0.6 is 0 Å². The molecule has 6 nitrogen and oxygen atoms in total. The third-order valence-electron chi connectivity index (χ3n) is 6.16. The van der Waals surface area contributed by atoms with Gasteiger partial charge in [-0.05, 0) is 57.0 Å². The summed E-state index contributed by atoms with van der Waals surface area (Å²) in [6.45, 7) is 3.64. The van der Waals surface area contributed by atoms with Crippen molar-refractivity contribution in [1.82, 2.24) is 13.9 Å². The molecule has 1 aliphatic rings. The molecule has 33 heavy (non-hydrogen) atoms. The number of nitrogens with one attached hydrogen (secondary N) is 1. The molecule has 0 bridgehead atoms. The molecule has 0 aliphatic heterocycles. The largest absolute Gasteiger partial charge is 0.367 e. The van der Waals surface area contributed by atoms with Crippen LogP contribution in [0.2, 0.25) is 0 Å². The first-order valence-electron chi connectivity index (χ1n) is 11.1. The molecular weight excluding hydrogens is 439 g/mol. The van der Waals surface area contributed by atoms with Crippen molar-refractivity contribution >= 4 is 26.9 Å². The monoisotopic (exact) mass is 464 g/mol. The Labute approximate surface area is 192 Å². The lowest BCUT2D eigenvalue weighted by atomic mass is 10.2. The molecule has 1 saturated carbocycles. The van der Waals surface area contributed by atoms with E-state index in [4.69, 9.17) is 0 Å². The topological polar surface area (TPSA) is 76.9 Å². The lowest BCUT2D eigenvalue weighted by Crippen LogP contribution is -2.17. The Bertz CT molecular complexity index is 1440. The van der Waals surface area contributed by atoms with Crippen molar-refractivity contribution < 1.29 is 12.8 Å². The second-order valence-corrected chi connectivity index (χ2v) is 10.4. The Morgan fingerprint density at radius 3 is 2.39 bits per heavy atom. The van der Waals surface area contributed by atoms with Crippen LogP contribution < -0.4 is 5.32 Å². The molecular formula is C25H25FN4O2S. The molecule has 0 atom stereocenters. The van der Waals surface area contributed by atoms with E-state index in [-0.39, 0.29) is 28.0 Å². The minimum absolute atomic E-state index is 0.152. The van der Waals surface area contributed by atoms with Crippen LogP contribution in [0.4, 0.5) is 10.2 Å². The second kappa shape index (κ2) is 8.26. The van der Waals surface area contributed by atoms with Crippen molar-refractivity contribution in [3.05, 3.63) is 71.7 Å². The van der Waals surface area contributed by atoms with Gasteiger partial charge in [0.2, 0.25) is 0 Å². The molecule has 2 aromatic heterocycles. The first-order valence-corrected chi connectivity index (χ1v) is 12.5. The van der Waals surface area contributed by atoms with Gasteiger partial charge in [-0.2, -0.15) is 0 Å². The van der Waals surface area contributed by atoms with E-state index in [1.807, 2.05) is 6.92 Å². The van der Waals surface area contributed by atoms with Gasteiger partial charge in [-0.25, -0.2) is 26.7 Å². The summed E-state index contributed by atoms with van der Waals surface area (Å²) in [7, 11) is -3.92. The van der Waals surface area contributed by atoms with E-state index in [0.29, 0.717) is 16.9 Å². The third kappa shape index (κ3) is 3.88. The van der Waals surface area contributed by atoms with Gasteiger partial charge in [0.15, 0.2) is 11.5 Å². The van der Waals surface area contributed by atoms with Gasteiger partial charge in [-0.1, -0.05) is 42.7 Å². The first-order chi connectivity index (χ1) is 15.8. The number of nitrogens with zero attached hydrogens (tertiary/aromatic N) is 3. The maximum Gasteiger partial charge on any atom is 0.269 e. The minimum atomic E-state index is -3.92. The predicted octanol–water partition coefficient (Wildman–Crippen LogP) is 5.45. The summed E-state index contributed by atoms with van der Waals surface area (Å²) in [5.74, 6) is 0.227. The van der Waals surface area contributed by atoms with Crippen molar-refractivity contribution in [3.8, 4) is 11.4 Å². The number of rotatable bonds is 5. The van der Waals surface area contributed by atoms with E-state index >= 15 is 0 Å². The molecule has 2 heterocycles. The molecule has 170 valence electrons. The summed E-state index contributed by atoms with van der Waals surface area (Å²) in [6, 6.07) is 15.0. The van der Waals surface area contributed by atoms with E-state index in [1.54, 1.807) is 55.5 Å². The number of hydrogen-bond donors (Lipinski definition) is 1. The van der Waals surface area contributed by atoms with Crippen LogP contribution in [0.25, 0.3) is 22.4 Å². The summed E-state index contributed by atoms with van der Waals surface area (Å²) < 4.78 is 43.1. The average Bonchev–Trinajstić information content (AvgIpc) is 3.41. The standard InChI is InChI=1S/C25H25FN4O2S/c1-16-11-13-19(14-12-16)33(31,32)30-17(2)15-21-24(27-18-7-3-4-8-18)28-23(29-25(21)30)20-9-5-6-10-22(20)26/h5-6,9-15,18H,3-4,7-8H2,1-2H3,(H,27,28,29). The Morgan fingerprint density at radius 1 is 1.00 bits per heavy atom. The molecule has 0 unspecified atom stereocenters. The summed E-state index contributed by atoms with van der Waals surface area (Å²) in [4.78, 5) is 9.38. The number of anilines is 1. The van der Waals surface area contributed by atoms with Gasteiger partial charge in [-0.15, -0.1) is 0 Å². The number of fused-ring (bicyclic) bond motifs is 1. The van der Waals surface area contributed by atoms with Gasteiger partial charge in [0, 0.05) is 11.7 Å². The van der Waals surface area contributed by atoms with E-state index in [1.165, 1.54) is 10.0 Å². The van der Waals surface area contributed by atoms with E-state index in [0.717, 1.165) is 31.2 Å². The number of aryl methyl sites for hydroxylation is 2. The highest BCUT2D eigenvalue weighted by Gasteiger charge is 2.26. The Kier molecular flexibility index (Phi) is 5.40. The Hall–Kier alpha value is -3.26. The molecule has 5 rings (SSSR count). The van der Waals surface area contributed by atoms with E-state index in [2.05, 4.69) is 15.3 Å². The summed E-state index contributed by atoms with van der Waals surface area (Å²) in [5.41, 5.74) is 1.95. The highest BCUT2D eigenvalue weighted by molar-refractivity contribution is 7.90. The van der Waals surface area contributed by atoms with Crippen molar-refractivity contribution in [2.75, 3.05) is 5.32 Å². The van der Waals surface area contributed by atoms with Gasteiger partial charge in [0.25, 0.3) is 10.0 Å². The van der Waals surface area contributed by atoms with Gasteiger partial charge in [-0.3, -0.25) is 0 Å². The van der Waals surface area contributed by atoms with Crippen LogP contribution in [-0.4, -0.2) is 28.4 Å². The molecule has 8 heteroatoms. The fourth-order valence-corrected chi connectivity index (χ4v) is 5.92. The normalized spacial score (nSPS) is 14.8. The Balaban J connectivity index is 1.75. The predicted molar refractivity (Wildman–Crippen MR) is 127 cm³/mol. The van der Waals surface area contributed by atoms with Crippen LogP contribution in [0.1, 0.15) is 36.9 Å². The van der Waals surface area contributed by atoms with Crippen molar-refractivity contribution in [2.24, 2.45) is 0 Å². The zero-order valence-corrected chi connectivity index (χ0v) is 19.4. The molecule has 0 amide bonds. The van der Waals surface area contributed by atoms with Crippen molar-refractivity contribution in [1.29, 1.82) is 0 Å². The number of benzene rings is 2. The maximum atomic E-state index is 14.6. The van der Waals surface area contributed by atoms with Crippen molar-refractivity contribution in [2.45, 2.75) is 50.5 Å². The number of aromatic nitrogens is 3. The van der Waals surface area contributed by atoms with Gasteiger partial charge >= 0.3 is 0 Å². The smallest absolute Gasteiger partial charge is 0.269 e. The fourth-order valence-electron chi connectivity index (χ4n) is 4.44. The third-order valence-corrected chi connectivity index (χ3v) is 7.97. The molecule has 0 spiro atoms. The van der Waals surface area contributed by atoms with Crippen molar-refractivity contribution in [3.63, 3.8) is 0 Å². The fraction of sp³-hybridized carbons (Fsp3) is 0.280. The molecule has 1 aliphatic carbocycles. The maximum absolute atomic E-state index is 14.6. The van der Waals surface area contributed by atoms with Crippen LogP contribution in [0.3, 0.4) is 0 Å². The molecule has 4 aromatic rings. The summed E-state index contributed by atoms with van der Waals surface area (Å²) in [6.07, 6.45) is 4.30. The lowest BCUT2D eigenvalue weighted by Gasteiger charge is -2.15. The lowest BCUT2D eigenvalue weighted by molar-refractivity contribution is 0.587. The number of hydrogen-bond acceptors (Lipinski definition) is 5. The zero-order valence-electron chi connectivity index (χ0n) is 18.5. The second-order valence-electron chi connectivity index (χ2n) is 8.61. The van der Waals surface area contributed by atoms with Gasteiger partial charge in [0.05, 0.1) is 15.8 Å². The summed E-state index contributed by atoms with van der Waals surface area (Å²) in [5, 5.41) is 4.08. The minimum Gasteiger partial charge on any atom is -0.367 e. The SMILES string of the molecule is Cc1ccc(S(=O)(=O)n2c(C)cc3c(NC4CCCC4)nc(-c4ccccc4F)nc32)cc1. The first kappa shape index (κ1) is 21.6. The van der Waals surface area contributed by atoms with Gasteiger partial charge in [0.1, 0.15) is 11.6 Å². The highest BCUT2D eigenvalue weighted by Crippen LogP contribution is 2.33. The van der Waals surface area contributed by atoms with Gasteiger partial charge < -0.3 is 5.32 Å². The Morgan fingerprint density at radius 2 is 1.70 bits per heavy atom. The van der Waals surface area contributed by atoms with Crippen LogP contribution in [0.5, 0.6) is 0 Å². The average molecular weight is 465 g/mol. The van der Waals surface area contributed by atoms with Crippen LogP contribution in [0.15, 0.2) is 59.5 Å². The van der Waals surface area contributed by atoms with E-state index < -0.39 is 15.8 Å². The number of halogens is 1. The molecule has 0 radical (unpaired) electrons. The molecule has 0 saturated heterocycles. The molecule has 2 aromatic carbocycles.